The fourth-order valence-electron chi connectivity index (χ4n) is 2.74. The van der Waals surface area contributed by atoms with E-state index in [1.807, 2.05) is 0 Å². The van der Waals surface area contributed by atoms with Crippen LogP contribution in [0.1, 0.15) is 32.1 Å². The fourth-order valence-corrected chi connectivity index (χ4v) is 2.74. The lowest BCUT2D eigenvalue weighted by atomic mass is 9.80. The van der Waals surface area contributed by atoms with Gasteiger partial charge in [0, 0.05) is 0 Å². The Balaban J connectivity index is 2.06. The predicted octanol–water partition coefficient (Wildman–Crippen LogP) is 3.00. The molecule has 2 fully saturated rings. The predicted molar refractivity (Wildman–Crippen MR) is 43.8 cm³/mol. The summed E-state index contributed by atoms with van der Waals surface area (Å²) in [4.78, 5) is 0. The lowest BCUT2D eigenvalue weighted by molar-refractivity contribution is 0.292. The quantitative estimate of drug-likeness (QED) is 0.486. The van der Waals surface area contributed by atoms with Crippen LogP contribution in [-0.2, 0) is 0 Å². The normalized spacial score (nSPS) is 45.4. The molecule has 0 spiro atoms. The maximum absolute atomic E-state index is 3.90. The summed E-state index contributed by atoms with van der Waals surface area (Å²) in [6.07, 6.45) is 9.60. The molecule has 0 nitrogen and oxygen atoms in total. The van der Waals surface area contributed by atoms with Gasteiger partial charge in [-0.3, -0.25) is 0 Å². The molecular formula is C10H16. The lowest BCUT2D eigenvalue weighted by Crippen LogP contribution is -2.15. The summed E-state index contributed by atoms with van der Waals surface area (Å²) in [7, 11) is 0. The van der Waals surface area contributed by atoms with Crippen molar-refractivity contribution in [3.8, 4) is 0 Å². The van der Waals surface area contributed by atoms with Crippen LogP contribution in [0.3, 0.4) is 0 Å². The second-order valence-electron chi connectivity index (χ2n) is 3.92. The van der Waals surface area contributed by atoms with Crippen molar-refractivity contribution in [1.82, 2.24) is 0 Å². The summed E-state index contributed by atoms with van der Waals surface area (Å²) >= 11 is 0. The molecule has 2 saturated carbocycles. The molecule has 56 valence electrons. The molecule has 0 aromatic rings. The first-order valence-corrected chi connectivity index (χ1v) is 4.52. The molecule has 10 heavy (non-hydrogen) atoms. The Bertz CT molecular complexity index is 137. The minimum atomic E-state index is 0.874. The minimum Gasteiger partial charge on any atom is -0.103 e. The van der Waals surface area contributed by atoms with Crippen molar-refractivity contribution in [3.05, 3.63) is 12.7 Å². The van der Waals surface area contributed by atoms with Crippen molar-refractivity contribution in [2.45, 2.75) is 32.1 Å². The molecule has 0 saturated heterocycles. The standard InChI is InChI=1S/C10H16/c1-2-9-5-3-8-4-6-10(9)7-8/h2,8-10H,1,3-7H2. The summed E-state index contributed by atoms with van der Waals surface area (Å²) in [6, 6.07) is 0. The van der Waals surface area contributed by atoms with Gasteiger partial charge in [-0.05, 0) is 43.4 Å². The third kappa shape index (κ3) is 0.902. The third-order valence-corrected chi connectivity index (χ3v) is 3.40. The largest absolute Gasteiger partial charge is 0.103 e. The molecule has 0 N–H and O–H groups in total. The number of hydrogen-bond donors (Lipinski definition) is 0. The van der Waals surface area contributed by atoms with E-state index in [-0.39, 0.29) is 0 Å². The number of rotatable bonds is 1. The zero-order chi connectivity index (χ0) is 6.97. The molecule has 0 heteroatoms. The second kappa shape index (κ2) is 2.41. The van der Waals surface area contributed by atoms with E-state index in [0.29, 0.717) is 0 Å². The van der Waals surface area contributed by atoms with E-state index >= 15 is 0 Å². The molecule has 0 heterocycles. The van der Waals surface area contributed by atoms with Crippen LogP contribution in [0, 0.1) is 17.8 Å². The van der Waals surface area contributed by atoms with Gasteiger partial charge in [-0.2, -0.15) is 0 Å². The van der Waals surface area contributed by atoms with Crippen molar-refractivity contribution in [1.29, 1.82) is 0 Å². The monoisotopic (exact) mass is 136 g/mol. The molecule has 3 atom stereocenters. The second-order valence-corrected chi connectivity index (χ2v) is 3.92. The van der Waals surface area contributed by atoms with Gasteiger partial charge in [0.15, 0.2) is 0 Å². The molecule has 0 aromatic heterocycles. The Labute approximate surface area is 63.3 Å². The van der Waals surface area contributed by atoms with Crippen LogP contribution in [0.2, 0.25) is 0 Å². The first-order chi connectivity index (χ1) is 4.90. The summed E-state index contributed by atoms with van der Waals surface area (Å²) < 4.78 is 0. The van der Waals surface area contributed by atoms with Gasteiger partial charge in [0.05, 0.1) is 0 Å². The summed E-state index contributed by atoms with van der Waals surface area (Å²) in [6.45, 7) is 3.90. The van der Waals surface area contributed by atoms with Gasteiger partial charge in [-0.15, -0.1) is 6.58 Å². The molecule has 3 unspecified atom stereocenters. The summed E-state index contributed by atoms with van der Waals surface area (Å²) in [5.41, 5.74) is 0. The van der Waals surface area contributed by atoms with E-state index in [2.05, 4.69) is 12.7 Å². The number of fused-ring (bicyclic) bond motifs is 2. The van der Waals surface area contributed by atoms with Crippen LogP contribution in [0.15, 0.2) is 12.7 Å². The highest BCUT2D eigenvalue weighted by Crippen LogP contribution is 2.45. The summed E-state index contributed by atoms with van der Waals surface area (Å²) in [5, 5.41) is 0. The van der Waals surface area contributed by atoms with Gasteiger partial charge in [-0.25, -0.2) is 0 Å². The van der Waals surface area contributed by atoms with Gasteiger partial charge in [-0.1, -0.05) is 12.5 Å². The van der Waals surface area contributed by atoms with E-state index in [9.17, 15) is 0 Å². The van der Waals surface area contributed by atoms with Crippen molar-refractivity contribution in [2.75, 3.05) is 0 Å². The first kappa shape index (κ1) is 6.45. The molecule has 2 rings (SSSR count). The molecule has 0 amide bonds. The molecule has 2 bridgehead atoms. The number of allylic oxidation sites excluding steroid dienone is 1. The van der Waals surface area contributed by atoms with Crippen LogP contribution in [0.25, 0.3) is 0 Å². The number of hydrogen-bond acceptors (Lipinski definition) is 0. The van der Waals surface area contributed by atoms with E-state index < -0.39 is 0 Å². The topological polar surface area (TPSA) is 0 Å². The smallest absolute Gasteiger partial charge is 0.0208 e. The van der Waals surface area contributed by atoms with Crippen LogP contribution < -0.4 is 0 Å². The van der Waals surface area contributed by atoms with Crippen LogP contribution in [-0.4, -0.2) is 0 Å². The molecule has 0 radical (unpaired) electrons. The Kier molecular flexibility index (Phi) is 1.55. The Morgan fingerprint density at radius 2 is 1.90 bits per heavy atom. The molecule has 2 aliphatic carbocycles. The van der Waals surface area contributed by atoms with E-state index in [1.54, 1.807) is 0 Å². The fraction of sp³-hybridized carbons (Fsp3) is 0.800. The van der Waals surface area contributed by atoms with Crippen LogP contribution >= 0.6 is 0 Å². The Morgan fingerprint density at radius 3 is 2.70 bits per heavy atom. The average molecular weight is 136 g/mol. The highest BCUT2D eigenvalue weighted by atomic mass is 14.4. The van der Waals surface area contributed by atoms with Gasteiger partial charge < -0.3 is 0 Å². The third-order valence-electron chi connectivity index (χ3n) is 3.40. The summed E-state index contributed by atoms with van der Waals surface area (Å²) in [5.74, 6) is 3.00. The van der Waals surface area contributed by atoms with Crippen LogP contribution in [0.4, 0.5) is 0 Å². The van der Waals surface area contributed by atoms with Crippen molar-refractivity contribution < 1.29 is 0 Å². The van der Waals surface area contributed by atoms with Crippen LogP contribution in [0.5, 0.6) is 0 Å². The first-order valence-electron chi connectivity index (χ1n) is 4.52. The maximum atomic E-state index is 3.90. The van der Waals surface area contributed by atoms with E-state index in [4.69, 9.17) is 0 Å². The Hall–Kier alpha value is -0.260. The van der Waals surface area contributed by atoms with E-state index in [0.717, 1.165) is 17.8 Å². The highest BCUT2D eigenvalue weighted by molar-refractivity contribution is 4.93. The van der Waals surface area contributed by atoms with Crippen molar-refractivity contribution >= 4 is 0 Å². The van der Waals surface area contributed by atoms with Crippen molar-refractivity contribution in [3.63, 3.8) is 0 Å². The van der Waals surface area contributed by atoms with Gasteiger partial charge in [0.2, 0.25) is 0 Å². The maximum Gasteiger partial charge on any atom is -0.0208 e. The zero-order valence-corrected chi connectivity index (χ0v) is 6.55. The van der Waals surface area contributed by atoms with E-state index in [1.165, 1.54) is 32.1 Å². The molecular weight excluding hydrogens is 120 g/mol. The SMILES string of the molecule is C=CC1CCC2CCC1C2. The van der Waals surface area contributed by atoms with Crippen molar-refractivity contribution in [2.24, 2.45) is 17.8 Å². The average Bonchev–Trinajstić information content (AvgIpc) is 2.34. The minimum absolute atomic E-state index is 0.874. The van der Waals surface area contributed by atoms with Gasteiger partial charge in [0.1, 0.15) is 0 Å². The molecule has 0 aliphatic heterocycles. The van der Waals surface area contributed by atoms with Gasteiger partial charge in [0.25, 0.3) is 0 Å². The highest BCUT2D eigenvalue weighted by Gasteiger charge is 2.33. The molecule has 0 aromatic carbocycles. The van der Waals surface area contributed by atoms with Gasteiger partial charge >= 0.3 is 0 Å². The Morgan fingerprint density at radius 1 is 1.10 bits per heavy atom. The zero-order valence-electron chi connectivity index (χ0n) is 6.55. The molecule has 2 aliphatic rings. The lowest BCUT2D eigenvalue weighted by Gasteiger charge is -2.25.